The molecule has 0 spiro atoms. The first kappa shape index (κ1) is 11.4. The third kappa shape index (κ3) is 2.72. The van der Waals surface area contributed by atoms with Crippen molar-refractivity contribution in [3.8, 4) is 0 Å². The number of amides is 1. The maximum absolute atomic E-state index is 11.9. The van der Waals surface area contributed by atoms with Gasteiger partial charge in [-0.3, -0.25) is 4.79 Å². The summed E-state index contributed by atoms with van der Waals surface area (Å²) in [6.07, 6.45) is 3.47. The fourth-order valence-corrected chi connectivity index (χ4v) is 2.41. The second-order valence-electron chi connectivity index (χ2n) is 3.73. The monoisotopic (exact) mass is 379 g/mol. The molecule has 4 heteroatoms. The maximum atomic E-state index is 11.9. The van der Waals surface area contributed by atoms with Crippen molar-refractivity contribution < 1.29 is 4.79 Å². The Hall–Kier alpha value is -0.100. The fraction of sp³-hybridized carbons (Fsp3) is 0.364. The molecule has 0 atom stereocenters. The topological polar surface area (TPSA) is 29.1 Å². The molecule has 1 fully saturated rings. The minimum Gasteiger partial charge on any atom is -0.349 e. The van der Waals surface area contributed by atoms with E-state index in [9.17, 15) is 4.79 Å². The van der Waals surface area contributed by atoms with Gasteiger partial charge in [-0.2, -0.15) is 0 Å². The van der Waals surface area contributed by atoms with Crippen LogP contribution in [-0.4, -0.2) is 11.9 Å². The zero-order valence-corrected chi connectivity index (χ0v) is 11.8. The van der Waals surface area contributed by atoms with Crippen molar-refractivity contribution in [2.24, 2.45) is 0 Å². The Morgan fingerprint density at radius 3 is 2.80 bits per heavy atom. The number of hydrogen-bond acceptors (Lipinski definition) is 1. The van der Waals surface area contributed by atoms with E-state index in [1.807, 2.05) is 18.2 Å². The number of carbonyl (C=O) groups is 1. The van der Waals surface area contributed by atoms with Crippen molar-refractivity contribution in [1.82, 2.24) is 5.32 Å². The fourth-order valence-electron chi connectivity index (χ4n) is 1.49. The molecule has 1 saturated carbocycles. The van der Waals surface area contributed by atoms with E-state index in [2.05, 4.69) is 43.8 Å². The van der Waals surface area contributed by atoms with Crippen LogP contribution in [0.4, 0.5) is 0 Å². The van der Waals surface area contributed by atoms with Gasteiger partial charge in [0.05, 0.1) is 5.56 Å². The van der Waals surface area contributed by atoms with Crippen molar-refractivity contribution in [2.75, 3.05) is 0 Å². The lowest BCUT2D eigenvalue weighted by atomic mass is 9.93. The van der Waals surface area contributed by atoms with Crippen LogP contribution in [0.3, 0.4) is 0 Å². The van der Waals surface area contributed by atoms with Crippen LogP contribution in [0.1, 0.15) is 29.6 Å². The third-order valence-corrected chi connectivity index (χ3v) is 3.98. The van der Waals surface area contributed by atoms with E-state index in [4.69, 9.17) is 0 Å². The summed E-state index contributed by atoms with van der Waals surface area (Å²) in [5.74, 6) is 0.0325. The average molecular weight is 380 g/mol. The van der Waals surface area contributed by atoms with Crippen LogP contribution in [0.25, 0.3) is 0 Å². The summed E-state index contributed by atoms with van der Waals surface area (Å²) in [5.41, 5.74) is 0.730. The van der Waals surface area contributed by atoms with Crippen molar-refractivity contribution in [1.29, 1.82) is 0 Å². The van der Waals surface area contributed by atoms with Crippen LogP contribution >= 0.6 is 38.5 Å². The van der Waals surface area contributed by atoms with Gasteiger partial charge in [0.25, 0.3) is 5.91 Å². The molecular formula is C11H11BrINO. The highest BCUT2D eigenvalue weighted by Crippen LogP contribution is 2.22. The molecule has 80 valence electrons. The van der Waals surface area contributed by atoms with Crippen molar-refractivity contribution in [3.05, 3.63) is 31.8 Å². The Morgan fingerprint density at radius 1 is 1.47 bits per heavy atom. The summed E-state index contributed by atoms with van der Waals surface area (Å²) in [5, 5.41) is 3.03. The molecule has 0 saturated heterocycles. The van der Waals surface area contributed by atoms with Gasteiger partial charge in [-0.15, -0.1) is 0 Å². The highest BCUT2D eigenvalue weighted by molar-refractivity contribution is 14.1. The second-order valence-corrected chi connectivity index (χ2v) is 5.83. The molecule has 2 nitrogen and oxygen atoms in total. The molecule has 1 aliphatic carbocycles. The van der Waals surface area contributed by atoms with E-state index in [1.165, 1.54) is 6.42 Å². The van der Waals surface area contributed by atoms with Crippen molar-refractivity contribution in [2.45, 2.75) is 25.3 Å². The maximum Gasteiger partial charge on any atom is 0.252 e. The van der Waals surface area contributed by atoms with Crippen LogP contribution in [0.2, 0.25) is 0 Å². The van der Waals surface area contributed by atoms with Gasteiger partial charge < -0.3 is 5.32 Å². The summed E-state index contributed by atoms with van der Waals surface area (Å²) >= 11 is 5.61. The molecule has 0 aromatic heterocycles. The van der Waals surface area contributed by atoms with E-state index in [0.717, 1.165) is 26.4 Å². The predicted octanol–water partition coefficient (Wildman–Crippen LogP) is 3.34. The van der Waals surface area contributed by atoms with Gasteiger partial charge in [0.1, 0.15) is 0 Å². The van der Waals surface area contributed by atoms with E-state index in [1.54, 1.807) is 0 Å². The first-order valence-electron chi connectivity index (χ1n) is 4.93. The number of nitrogens with one attached hydrogen (secondary N) is 1. The minimum atomic E-state index is 0.0325. The average Bonchev–Trinajstić information content (AvgIpc) is 2.15. The zero-order chi connectivity index (χ0) is 10.8. The lowest BCUT2D eigenvalue weighted by molar-refractivity contribution is 0.0916. The molecule has 1 aromatic carbocycles. The molecule has 1 aliphatic rings. The van der Waals surface area contributed by atoms with Gasteiger partial charge in [0.2, 0.25) is 0 Å². The summed E-state index contributed by atoms with van der Waals surface area (Å²) < 4.78 is 1.94. The number of hydrogen-bond donors (Lipinski definition) is 1. The standard InChI is InChI=1S/C11H11BrINO/c12-10-5-4-7(13)6-9(10)11(15)14-8-2-1-3-8/h4-6,8H,1-3H2,(H,14,15). The Kier molecular flexibility index (Phi) is 3.66. The van der Waals surface area contributed by atoms with Gasteiger partial charge in [-0.1, -0.05) is 0 Å². The number of carbonyl (C=O) groups excluding carboxylic acids is 1. The molecular weight excluding hydrogens is 369 g/mol. The van der Waals surface area contributed by atoms with Crippen LogP contribution < -0.4 is 5.32 Å². The predicted molar refractivity (Wildman–Crippen MR) is 72.0 cm³/mol. The van der Waals surface area contributed by atoms with E-state index < -0.39 is 0 Å². The van der Waals surface area contributed by atoms with Gasteiger partial charge in [-0.05, 0) is 76.0 Å². The summed E-state index contributed by atoms with van der Waals surface area (Å²) in [7, 11) is 0. The van der Waals surface area contributed by atoms with Crippen molar-refractivity contribution >= 4 is 44.4 Å². The summed E-state index contributed by atoms with van der Waals surface area (Å²) in [6, 6.07) is 6.18. The van der Waals surface area contributed by atoms with Gasteiger partial charge >= 0.3 is 0 Å². The molecule has 2 rings (SSSR count). The minimum absolute atomic E-state index is 0.0325. The molecule has 1 N–H and O–H groups in total. The lowest BCUT2D eigenvalue weighted by Gasteiger charge is -2.26. The van der Waals surface area contributed by atoms with Crippen LogP contribution in [0.15, 0.2) is 22.7 Å². The third-order valence-electron chi connectivity index (χ3n) is 2.61. The van der Waals surface area contributed by atoms with Gasteiger partial charge in [0.15, 0.2) is 0 Å². The van der Waals surface area contributed by atoms with Crippen LogP contribution in [-0.2, 0) is 0 Å². The van der Waals surface area contributed by atoms with Gasteiger partial charge in [-0.25, -0.2) is 0 Å². The Balaban J connectivity index is 2.12. The lowest BCUT2D eigenvalue weighted by Crippen LogP contribution is -2.39. The van der Waals surface area contributed by atoms with Gasteiger partial charge in [0, 0.05) is 14.1 Å². The Labute approximate surface area is 111 Å². The molecule has 1 amide bonds. The molecule has 15 heavy (non-hydrogen) atoms. The van der Waals surface area contributed by atoms with E-state index in [0.29, 0.717) is 6.04 Å². The van der Waals surface area contributed by atoms with Crippen LogP contribution in [0, 0.1) is 3.57 Å². The van der Waals surface area contributed by atoms with E-state index in [-0.39, 0.29) is 5.91 Å². The summed E-state index contributed by atoms with van der Waals surface area (Å²) in [4.78, 5) is 11.9. The highest BCUT2D eigenvalue weighted by Gasteiger charge is 2.21. The molecule has 0 unspecified atom stereocenters. The molecule has 1 aromatic rings. The first-order chi connectivity index (χ1) is 7.16. The quantitative estimate of drug-likeness (QED) is 0.784. The number of halogens is 2. The zero-order valence-electron chi connectivity index (χ0n) is 8.09. The normalized spacial score (nSPS) is 15.9. The Morgan fingerprint density at radius 2 is 2.20 bits per heavy atom. The molecule has 0 bridgehead atoms. The SMILES string of the molecule is O=C(NC1CCC1)c1cc(I)ccc1Br. The molecule has 0 heterocycles. The molecule has 0 radical (unpaired) electrons. The highest BCUT2D eigenvalue weighted by atomic mass is 127. The number of benzene rings is 1. The van der Waals surface area contributed by atoms with Crippen LogP contribution in [0.5, 0.6) is 0 Å². The first-order valence-corrected chi connectivity index (χ1v) is 6.80. The largest absolute Gasteiger partial charge is 0.349 e. The molecule has 0 aliphatic heterocycles. The Bertz CT molecular complexity index is 390. The number of rotatable bonds is 2. The second kappa shape index (κ2) is 4.82. The van der Waals surface area contributed by atoms with Crippen molar-refractivity contribution in [3.63, 3.8) is 0 Å². The van der Waals surface area contributed by atoms with E-state index >= 15 is 0 Å². The smallest absolute Gasteiger partial charge is 0.252 e. The summed E-state index contributed by atoms with van der Waals surface area (Å²) in [6.45, 7) is 0.